The first-order valence-corrected chi connectivity index (χ1v) is 9.98. The average Bonchev–Trinajstić information content (AvgIpc) is 2.74. The normalized spacial score (nSPS) is 14.9. The van der Waals surface area contributed by atoms with Crippen LogP contribution in [0, 0.1) is 0 Å². The second-order valence-electron chi connectivity index (χ2n) is 7.16. The number of hydrogen-bond acceptors (Lipinski definition) is 5. The Morgan fingerprint density at radius 1 is 1.03 bits per heavy atom. The zero-order valence-electron chi connectivity index (χ0n) is 17.1. The van der Waals surface area contributed by atoms with E-state index in [4.69, 9.17) is 4.74 Å². The van der Waals surface area contributed by atoms with Crippen LogP contribution in [0.5, 0.6) is 0 Å². The van der Waals surface area contributed by atoms with Gasteiger partial charge in [-0.3, -0.25) is 9.69 Å². The molecule has 0 spiro atoms. The lowest BCUT2D eigenvalue weighted by molar-refractivity contribution is -0.137. The van der Waals surface area contributed by atoms with Gasteiger partial charge in [0.2, 0.25) is 5.91 Å². The molecule has 1 amide bonds. The maximum Gasteiger partial charge on any atom is 0.416 e. The van der Waals surface area contributed by atoms with Gasteiger partial charge in [-0.15, -0.1) is 0 Å². The van der Waals surface area contributed by atoms with Gasteiger partial charge in [-0.1, -0.05) is 6.07 Å². The summed E-state index contributed by atoms with van der Waals surface area (Å²) < 4.78 is 43.7. The number of carbonyl (C=O) groups is 2. The summed E-state index contributed by atoms with van der Waals surface area (Å²) in [5.74, 6) is -0.615. The molecule has 1 heterocycles. The fraction of sp³-hybridized carbons (Fsp3) is 0.364. The minimum absolute atomic E-state index is 0.177. The molecule has 1 aliphatic heterocycles. The Morgan fingerprint density at radius 3 is 2.32 bits per heavy atom. The molecule has 31 heavy (non-hydrogen) atoms. The summed E-state index contributed by atoms with van der Waals surface area (Å²) in [4.78, 5) is 27.8. The van der Waals surface area contributed by atoms with Gasteiger partial charge in [0.15, 0.2) is 0 Å². The van der Waals surface area contributed by atoms with E-state index in [0.717, 1.165) is 12.1 Å². The Kier molecular flexibility index (Phi) is 7.17. The maximum atomic E-state index is 12.9. The lowest BCUT2D eigenvalue weighted by atomic mass is 10.1. The van der Waals surface area contributed by atoms with Crippen molar-refractivity contribution >= 4 is 23.3 Å². The van der Waals surface area contributed by atoms with Gasteiger partial charge in [-0.2, -0.15) is 13.2 Å². The third kappa shape index (κ3) is 6.21. The number of halogens is 3. The number of anilines is 2. The number of benzene rings is 2. The van der Waals surface area contributed by atoms with Crippen molar-refractivity contribution in [3.63, 3.8) is 0 Å². The van der Waals surface area contributed by atoms with Crippen molar-refractivity contribution < 1.29 is 27.5 Å². The topological polar surface area (TPSA) is 61.9 Å². The second kappa shape index (κ2) is 9.82. The van der Waals surface area contributed by atoms with Crippen LogP contribution in [0.25, 0.3) is 0 Å². The molecule has 3 rings (SSSR count). The molecule has 1 fully saturated rings. The highest BCUT2D eigenvalue weighted by molar-refractivity contribution is 5.94. The van der Waals surface area contributed by atoms with Gasteiger partial charge in [0.1, 0.15) is 0 Å². The molecule has 0 aromatic heterocycles. The van der Waals surface area contributed by atoms with Crippen molar-refractivity contribution in [3.05, 3.63) is 59.7 Å². The van der Waals surface area contributed by atoms with E-state index in [-0.39, 0.29) is 12.5 Å². The van der Waals surface area contributed by atoms with Gasteiger partial charge in [0.25, 0.3) is 0 Å². The highest BCUT2D eigenvalue weighted by Gasteiger charge is 2.31. The summed E-state index contributed by atoms with van der Waals surface area (Å²) in [7, 11) is 0. The largest absolute Gasteiger partial charge is 0.462 e. The lowest BCUT2D eigenvalue weighted by Crippen LogP contribution is -2.48. The van der Waals surface area contributed by atoms with Crippen LogP contribution in [-0.4, -0.2) is 56.1 Å². The Bertz CT molecular complexity index is 908. The molecule has 1 N–H and O–H groups in total. The number of nitrogens with zero attached hydrogens (tertiary/aromatic N) is 2. The molecular formula is C22H24F3N3O3. The predicted octanol–water partition coefficient (Wildman–Crippen LogP) is 3.64. The van der Waals surface area contributed by atoms with Crippen molar-refractivity contribution in [2.24, 2.45) is 0 Å². The average molecular weight is 435 g/mol. The summed E-state index contributed by atoms with van der Waals surface area (Å²) in [6.45, 7) is 4.38. The van der Waals surface area contributed by atoms with Crippen LogP contribution >= 0.6 is 0 Å². The summed E-state index contributed by atoms with van der Waals surface area (Å²) in [5, 5.41) is 2.78. The number of esters is 1. The molecule has 0 saturated carbocycles. The molecule has 0 atom stereocenters. The molecule has 2 aromatic rings. The first-order valence-electron chi connectivity index (χ1n) is 9.98. The van der Waals surface area contributed by atoms with Gasteiger partial charge in [0.05, 0.1) is 24.3 Å². The molecule has 166 valence electrons. The van der Waals surface area contributed by atoms with Crippen LogP contribution in [0.3, 0.4) is 0 Å². The fourth-order valence-corrected chi connectivity index (χ4v) is 3.35. The first kappa shape index (κ1) is 22.6. The van der Waals surface area contributed by atoms with Crippen molar-refractivity contribution in [3.8, 4) is 0 Å². The minimum Gasteiger partial charge on any atom is -0.462 e. The third-order valence-corrected chi connectivity index (χ3v) is 4.96. The van der Waals surface area contributed by atoms with E-state index in [1.807, 2.05) is 9.80 Å². The molecule has 0 aliphatic carbocycles. The van der Waals surface area contributed by atoms with Crippen molar-refractivity contribution in [1.82, 2.24) is 4.90 Å². The van der Waals surface area contributed by atoms with Crippen LogP contribution in [-0.2, 0) is 15.7 Å². The zero-order valence-corrected chi connectivity index (χ0v) is 17.1. The number of rotatable bonds is 6. The van der Waals surface area contributed by atoms with Gasteiger partial charge < -0.3 is 15.0 Å². The highest BCUT2D eigenvalue weighted by Crippen LogP contribution is 2.31. The fourth-order valence-electron chi connectivity index (χ4n) is 3.35. The molecule has 2 aromatic carbocycles. The van der Waals surface area contributed by atoms with Gasteiger partial charge in [0, 0.05) is 37.6 Å². The Labute approximate surface area is 178 Å². The number of piperazine rings is 1. The van der Waals surface area contributed by atoms with Crippen LogP contribution in [0.15, 0.2) is 48.5 Å². The monoisotopic (exact) mass is 435 g/mol. The van der Waals surface area contributed by atoms with E-state index in [2.05, 4.69) is 5.32 Å². The van der Waals surface area contributed by atoms with Crippen LogP contribution in [0.4, 0.5) is 24.5 Å². The van der Waals surface area contributed by atoms with E-state index >= 15 is 0 Å². The van der Waals surface area contributed by atoms with E-state index in [1.54, 1.807) is 37.3 Å². The smallest absolute Gasteiger partial charge is 0.416 e. The van der Waals surface area contributed by atoms with Gasteiger partial charge in [-0.05, 0) is 49.4 Å². The maximum absolute atomic E-state index is 12.9. The molecule has 0 unspecified atom stereocenters. The Morgan fingerprint density at radius 2 is 1.71 bits per heavy atom. The number of nitrogens with one attached hydrogen (secondary N) is 1. The second-order valence-corrected chi connectivity index (χ2v) is 7.16. The van der Waals surface area contributed by atoms with Crippen molar-refractivity contribution in [2.45, 2.75) is 13.1 Å². The molecule has 6 nitrogen and oxygen atoms in total. The lowest BCUT2D eigenvalue weighted by Gasteiger charge is -2.36. The van der Waals surface area contributed by atoms with Crippen LogP contribution in [0.2, 0.25) is 0 Å². The molecule has 1 aliphatic rings. The summed E-state index contributed by atoms with van der Waals surface area (Å²) in [6.07, 6.45) is -4.37. The Balaban J connectivity index is 1.48. The van der Waals surface area contributed by atoms with E-state index in [1.165, 1.54) is 6.07 Å². The van der Waals surface area contributed by atoms with E-state index in [0.29, 0.717) is 49.7 Å². The standard InChI is InChI=1S/C22H24F3N3O3/c1-2-31-21(30)16-6-8-18(9-7-16)26-20(29)15-27-10-12-28(13-11-27)19-5-3-4-17(14-19)22(23,24)25/h3-9,14H,2,10-13,15H2,1H3,(H,26,29). The quantitative estimate of drug-likeness (QED) is 0.702. The number of ether oxygens (including phenoxy) is 1. The van der Waals surface area contributed by atoms with E-state index in [9.17, 15) is 22.8 Å². The number of hydrogen-bond donors (Lipinski definition) is 1. The number of carbonyl (C=O) groups excluding carboxylic acids is 2. The van der Waals surface area contributed by atoms with Gasteiger partial charge >= 0.3 is 12.1 Å². The van der Waals surface area contributed by atoms with Crippen molar-refractivity contribution in [1.29, 1.82) is 0 Å². The molecule has 0 bridgehead atoms. The molecule has 9 heteroatoms. The van der Waals surface area contributed by atoms with Crippen LogP contribution in [0.1, 0.15) is 22.8 Å². The van der Waals surface area contributed by atoms with Crippen molar-refractivity contribution in [2.75, 3.05) is 49.5 Å². The number of alkyl halides is 3. The third-order valence-electron chi connectivity index (χ3n) is 4.96. The summed E-state index contributed by atoms with van der Waals surface area (Å²) in [5.41, 5.74) is 0.840. The summed E-state index contributed by atoms with van der Waals surface area (Å²) in [6, 6.07) is 11.7. The van der Waals surface area contributed by atoms with E-state index < -0.39 is 17.7 Å². The van der Waals surface area contributed by atoms with Crippen LogP contribution < -0.4 is 10.2 Å². The molecule has 0 radical (unpaired) electrons. The van der Waals surface area contributed by atoms with Gasteiger partial charge in [-0.25, -0.2) is 4.79 Å². The zero-order chi connectivity index (χ0) is 22.4. The molecular weight excluding hydrogens is 411 g/mol. The summed E-state index contributed by atoms with van der Waals surface area (Å²) >= 11 is 0. The molecule has 1 saturated heterocycles. The predicted molar refractivity (Wildman–Crippen MR) is 111 cm³/mol. The Hall–Kier alpha value is -3.07. The minimum atomic E-state index is -4.37. The highest BCUT2D eigenvalue weighted by atomic mass is 19.4. The first-order chi connectivity index (χ1) is 14.8. The number of amides is 1. The SMILES string of the molecule is CCOC(=O)c1ccc(NC(=O)CN2CCN(c3cccc(C(F)(F)F)c3)CC2)cc1.